The SMILES string of the molecule is CC(N)c1cn2cc(C3CC3)ccc2n1. The van der Waals surface area contributed by atoms with Gasteiger partial charge in [-0.3, -0.25) is 0 Å². The second kappa shape index (κ2) is 3.07. The zero-order valence-electron chi connectivity index (χ0n) is 8.85. The van der Waals surface area contributed by atoms with Crippen LogP contribution in [0.2, 0.25) is 0 Å². The molecule has 1 atom stereocenters. The topological polar surface area (TPSA) is 43.3 Å². The van der Waals surface area contributed by atoms with Crippen molar-refractivity contribution in [3.05, 3.63) is 35.8 Å². The minimum absolute atomic E-state index is 0.00859. The first-order valence-electron chi connectivity index (χ1n) is 5.48. The van der Waals surface area contributed by atoms with E-state index in [1.807, 2.05) is 13.1 Å². The Kier molecular flexibility index (Phi) is 1.83. The minimum Gasteiger partial charge on any atom is -0.323 e. The molecule has 1 unspecified atom stereocenters. The van der Waals surface area contributed by atoms with E-state index in [-0.39, 0.29) is 6.04 Å². The van der Waals surface area contributed by atoms with Gasteiger partial charge in [0.2, 0.25) is 0 Å². The highest BCUT2D eigenvalue weighted by atomic mass is 15.0. The van der Waals surface area contributed by atoms with Gasteiger partial charge in [0.25, 0.3) is 0 Å². The summed E-state index contributed by atoms with van der Waals surface area (Å²) in [7, 11) is 0. The Balaban J connectivity index is 2.09. The van der Waals surface area contributed by atoms with Crippen LogP contribution in [0.5, 0.6) is 0 Å². The van der Waals surface area contributed by atoms with E-state index < -0.39 is 0 Å². The summed E-state index contributed by atoms with van der Waals surface area (Å²) in [5, 5.41) is 0. The Hall–Kier alpha value is -1.35. The highest BCUT2D eigenvalue weighted by Gasteiger charge is 2.23. The van der Waals surface area contributed by atoms with Crippen molar-refractivity contribution in [3.8, 4) is 0 Å². The lowest BCUT2D eigenvalue weighted by atomic mass is 10.2. The van der Waals surface area contributed by atoms with Gasteiger partial charge in [-0.25, -0.2) is 4.98 Å². The number of rotatable bonds is 2. The summed E-state index contributed by atoms with van der Waals surface area (Å²) < 4.78 is 2.09. The molecule has 0 amide bonds. The first-order valence-corrected chi connectivity index (χ1v) is 5.48. The van der Waals surface area contributed by atoms with Crippen LogP contribution in [-0.4, -0.2) is 9.38 Å². The monoisotopic (exact) mass is 201 g/mol. The van der Waals surface area contributed by atoms with E-state index >= 15 is 0 Å². The summed E-state index contributed by atoms with van der Waals surface area (Å²) in [6.45, 7) is 1.96. The Morgan fingerprint density at radius 3 is 2.87 bits per heavy atom. The van der Waals surface area contributed by atoms with Crippen molar-refractivity contribution in [3.63, 3.8) is 0 Å². The average molecular weight is 201 g/mol. The number of fused-ring (bicyclic) bond motifs is 1. The molecule has 1 aliphatic rings. The summed E-state index contributed by atoms with van der Waals surface area (Å²) in [5.74, 6) is 0.788. The van der Waals surface area contributed by atoms with Crippen molar-refractivity contribution < 1.29 is 0 Å². The highest BCUT2D eigenvalue weighted by molar-refractivity contribution is 5.43. The lowest BCUT2D eigenvalue weighted by Gasteiger charge is -1.98. The van der Waals surface area contributed by atoms with E-state index in [2.05, 4.69) is 27.7 Å². The summed E-state index contributed by atoms with van der Waals surface area (Å²) in [5.41, 5.74) is 9.19. The molecular weight excluding hydrogens is 186 g/mol. The van der Waals surface area contributed by atoms with Gasteiger partial charge in [0.1, 0.15) is 5.65 Å². The fourth-order valence-corrected chi connectivity index (χ4v) is 1.91. The van der Waals surface area contributed by atoms with Gasteiger partial charge in [0.05, 0.1) is 5.69 Å². The van der Waals surface area contributed by atoms with E-state index in [1.54, 1.807) is 0 Å². The third-order valence-electron chi connectivity index (χ3n) is 3.01. The molecule has 78 valence electrons. The fourth-order valence-electron chi connectivity index (χ4n) is 1.91. The molecule has 0 bridgehead atoms. The Bertz CT molecular complexity index is 495. The largest absolute Gasteiger partial charge is 0.323 e. The van der Waals surface area contributed by atoms with E-state index in [1.165, 1.54) is 18.4 Å². The zero-order valence-corrected chi connectivity index (χ0v) is 8.85. The van der Waals surface area contributed by atoms with Crippen molar-refractivity contribution >= 4 is 5.65 Å². The number of pyridine rings is 1. The molecule has 2 N–H and O–H groups in total. The highest BCUT2D eigenvalue weighted by Crippen LogP contribution is 2.39. The molecule has 0 aliphatic heterocycles. The zero-order chi connectivity index (χ0) is 10.4. The third kappa shape index (κ3) is 1.53. The van der Waals surface area contributed by atoms with Crippen LogP contribution < -0.4 is 5.73 Å². The van der Waals surface area contributed by atoms with Crippen LogP contribution >= 0.6 is 0 Å². The molecule has 3 rings (SSSR count). The van der Waals surface area contributed by atoms with E-state index in [9.17, 15) is 0 Å². The van der Waals surface area contributed by atoms with Gasteiger partial charge in [-0.2, -0.15) is 0 Å². The molecule has 1 saturated carbocycles. The molecule has 0 saturated heterocycles. The predicted molar refractivity (Wildman–Crippen MR) is 59.8 cm³/mol. The van der Waals surface area contributed by atoms with Crippen LogP contribution in [0.3, 0.4) is 0 Å². The van der Waals surface area contributed by atoms with Crippen molar-refractivity contribution in [1.82, 2.24) is 9.38 Å². The molecule has 2 aromatic heterocycles. The van der Waals surface area contributed by atoms with Crippen molar-refractivity contribution in [2.45, 2.75) is 31.7 Å². The summed E-state index contributed by atoms with van der Waals surface area (Å²) in [4.78, 5) is 4.47. The predicted octanol–water partition coefficient (Wildman–Crippen LogP) is 2.23. The maximum Gasteiger partial charge on any atom is 0.137 e. The molecule has 15 heavy (non-hydrogen) atoms. The molecule has 1 fully saturated rings. The van der Waals surface area contributed by atoms with E-state index in [4.69, 9.17) is 5.73 Å². The normalized spacial score (nSPS) is 18.3. The van der Waals surface area contributed by atoms with Gasteiger partial charge in [-0.05, 0) is 37.3 Å². The molecule has 2 aromatic rings. The maximum atomic E-state index is 5.81. The standard InChI is InChI=1S/C12H15N3/c1-8(13)11-7-15-6-10(9-2-3-9)4-5-12(15)14-11/h4-9H,2-3,13H2,1H3. The van der Waals surface area contributed by atoms with Gasteiger partial charge in [-0.1, -0.05) is 6.07 Å². The van der Waals surface area contributed by atoms with Gasteiger partial charge in [-0.15, -0.1) is 0 Å². The average Bonchev–Trinajstić information content (AvgIpc) is 2.96. The van der Waals surface area contributed by atoms with Crippen LogP contribution in [0.1, 0.15) is 43.0 Å². The van der Waals surface area contributed by atoms with Gasteiger partial charge >= 0.3 is 0 Å². The molecule has 3 nitrogen and oxygen atoms in total. The lowest BCUT2D eigenvalue weighted by molar-refractivity contribution is 0.790. The Morgan fingerprint density at radius 2 is 2.20 bits per heavy atom. The van der Waals surface area contributed by atoms with E-state index in [0.29, 0.717) is 0 Å². The number of nitrogens with two attached hydrogens (primary N) is 1. The minimum atomic E-state index is 0.00859. The summed E-state index contributed by atoms with van der Waals surface area (Å²) >= 11 is 0. The molecule has 0 aromatic carbocycles. The van der Waals surface area contributed by atoms with Crippen molar-refractivity contribution in [2.75, 3.05) is 0 Å². The number of aromatic nitrogens is 2. The number of nitrogens with zero attached hydrogens (tertiary/aromatic N) is 2. The summed E-state index contributed by atoms with van der Waals surface area (Å²) in [6, 6.07) is 4.28. The number of hydrogen-bond donors (Lipinski definition) is 1. The molecular formula is C12H15N3. The first-order chi connectivity index (χ1) is 7.24. The Morgan fingerprint density at radius 1 is 1.40 bits per heavy atom. The second-order valence-corrected chi connectivity index (χ2v) is 4.46. The van der Waals surface area contributed by atoms with Crippen LogP contribution in [0.4, 0.5) is 0 Å². The van der Waals surface area contributed by atoms with Gasteiger partial charge < -0.3 is 10.1 Å². The van der Waals surface area contributed by atoms with Gasteiger partial charge in [0.15, 0.2) is 0 Å². The lowest BCUT2D eigenvalue weighted by Crippen LogP contribution is -2.04. The smallest absolute Gasteiger partial charge is 0.137 e. The number of hydrogen-bond acceptors (Lipinski definition) is 2. The van der Waals surface area contributed by atoms with Crippen molar-refractivity contribution in [1.29, 1.82) is 0 Å². The van der Waals surface area contributed by atoms with E-state index in [0.717, 1.165) is 17.3 Å². The quantitative estimate of drug-likeness (QED) is 0.809. The van der Waals surface area contributed by atoms with Crippen LogP contribution in [0.25, 0.3) is 5.65 Å². The molecule has 3 heteroatoms. The molecule has 1 aliphatic carbocycles. The third-order valence-corrected chi connectivity index (χ3v) is 3.01. The van der Waals surface area contributed by atoms with Gasteiger partial charge in [0, 0.05) is 18.4 Å². The van der Waals surface area contributed by atoms with Crippen LogP contribution in [0, 0.1) is 0 Å². The fraction of sp³-hybridized carbons (Fsp3) is 0.417. The van der Waals surface area contributed by atoms with Crippen LogP contribution in [0.15, 0.2) is 24.5 Å². The first kappa shape index (κ1) is 8.92. The molecule has 0 radical (unpaired) electrons. The maximum absolute atomic E-state index is 5.81. The van der Waals surface area contributed by atoms with Crippen molar-refractivity contribution in [2.24, 2.45) is 5.73 Å². The Labute approximate surface area is 88.9 Å². The second-order valence-electron chi connectivity index (χ2n) is 4.46. The molecule has 2 heterocycles. The number of imidazole rings is 1. The molecule has 0 spiro atoms. The van der Waals surface area contributed by atoms with Crippen LogP contribution in [-0.2, 0) is 0 Å². The summed E-state index contributed by atoms with van der Waals surface area (Å²) in [6.07, 6.45) is 6.89.